The molecule has 41 heavy (non-hydrogen) atoms. The van der Waals surface area contributed by atoms with Crippen LogP contribution >= 0.6 is 11.6 Å². The van der Waals surface area contributed by atoms with Crippen molar-refractivity contribution < 1.29 is 22.7 Å². The minimum atomic E-state index is -4.35. The minimum Gasteiger partial charge on any atom is -0.492 e. The lowest BCUT2D eigenvalue weighted by atomic mass is 10.1. The van der Waals surface area contributed by atoms with Crippen LogP contribution in [0.5, 0.6) is 5.75 Å². The maximum atomic E-state index is 13.4. The molecule has 1 atom stereocenters. The molecule has 0 saturated carbocycles. The van der Waals surface area contributed by atoms with Gasteiger partial charge in [-0.1, -0.05) is 37.6 Å². The van der Waals surface area contributed by atoms with E-state index in [0.717, 1.165) is 24.8 Å². The van der Waals surface area contributed by atoms with E-state index in [-0.39, 0.29) is 34.8 Å². The van der Waals surface area contributed by atoms with Gasteiger partial charge >= 0.3 is 0 Å². The standard InChI is InChI=1S/C29H34ClN5O5S/c1-4-8-26(36)32-25-10-6-11-27(33-25)41(38,39)34-29(37)21-13-15-23(31-28(21)35-16-7-9-19(35)3)20-12-14-22(30)24(18-20)40-17-5-2/h6,10-15,18-19H,4-5,7-9,16-17H2,1-3H3,(H,34,37)(H,32,33,36)/t19-/m0/s1. The van der Waals surface area contributed by atoms with Crippen molar-refractivity contribution in [1.82, 2.24) is 14.7 Å². The summed E-state index contributed by atoms with van der Waals surface area (Å²) < 4.78 is 34.2. The van der Waals surface area contributed by atoms with Crippen LogP contribution in [0.3, 0.4) is 0 Å². The van der Waals surface area contributed by atoms with Gasteiger partial charge in [-0.05, 0) is 69.0 Å². The third kappa shape index (κ3) is 7.34. The first-order valence-electron chi connectivity index (χ1n) is 13.7. The van der Waals surface area contributed by atoms with Gasteiger partial charge in [0.05, 0.1) is 22.9 Å². The van der Waals surface area contributed by atoms with Crippen molar-refractivity contribution in [3.8, 4) is 17.0 Å². The highest BCUT2D eigenvalue weighted by molar-refractivity contribution is 7.90. The van der Waals surface area contributed by atoms with Gasteiger partial charge in [0.1, 0.15) is 17.4 Å². The fraction of sp³-hybridized carbons (Fsp3) is 0.379. The highest BCUT2D eigenvalue weighted by Gasteiger charge is 2.29. The van der Waals surface area contributed by atoms with Crippen LogP contribution in [0.25, 0.3) is 11.3 Å². The number of amides is 2. The van der Waals surface area contributed by atoms with Crippen molar-refractivity contribution >= 4 is 45.1 Å². The van der Waals surface area contributed by atoms with Gasteiger partial charge in [0.2, 0.25) is 5.91 Å². The van der Waals surface area contributed by atoms with Crippen LogP contribution < -0.4 is 19.7 Å². The predicted octanol–water partition coefficient (Wildman–Crippen LogP) is 5.43. The molecule has 218 valence electrons. The fourth-order valence-electron chi connectivity index (χ4n) is 4.53. The van der Waals surface area contributed by atoms with E-state index in [1.165, 1.54) is 18.2 Å². The van der Waals surface area contributed by atoms with Crippen LogP contribution in [0.15, 0.2) is 53.6 Å². The van der Waals surface area contributed by atoms with Crippen molar-refractivity contribution in [3.05, 3.63) is 59.1 Å². The summed E-state index contributed by atoms with van der Waals surface area (Å²) in [5.74, 6) is -0.0962. The molecule has 2 amide bonds. The van der Waals surface area contributed by atoms with Crippen LogP contribution in [-0.2, 0) is 14.8 Å². The van der Waals surface area contributed by atoms with Gasteiger partial charge < -0.3 is 15.0 Å². The van der Waals surface area contributed by atoms with E-state index < -0.39 is 15.9 Å². The fourth-order valence-corrected chi connectivity index (χ4v) is 5.64. The maximum absolute atomic E-state index is 13.4. The van der Waals surface area contributed by atoms with Crippen molar-refractivity contribution in [2.45, 2.75) is 63.9 Å². The van der Waals surface area contributed by atoms with E-state index >= 15 is 0 Å². The van der Waals surface area contributed by atoms with E-state index in [1.807, 2.05) is 31.7 Å². The zero-order valence-electron chi connectivity index (χ0n) is 23.3. The zero-order valence-corrected chi connectivity index (χ0v) is 24.9. The lowest BCUT2D eigenvalue weighted by molar-refractivity contribution is -0.116. The van der Waals surface area contributed by atoms with E-state index in [1.54, 1.807) is 24.3 Å². The first-order chi connectivity index (χ1) is 19.6. The van der Waals surface area contributed by atoms with Crippen molar-refractivity contribution in [2.75, 3.05) is 23.4 Å². The number of halogens is 1. The van der Waals surface area contributed by atoms with Gasteiger partial charge in [0.15, 0.2) is 5.03 Å². The number of benzene rings is 1. The largest absolute Gasteiger partial charge is 0.492 e. The molecule has 2 aromatic heterocycles. The predicted molar refractivity (Wildman–Crippen MR) is 159 cm³/mol. The molecule has 3 heterocycles. The molecule has 1 fully saturated rings. The molecule has 3 aromatic rings. The average molecular weight is 600 g/mol. The molecular formula is C29H34ClN5O5S. The summed E-state index contributed by atoms with van der Waals surface area (Å²) in [6.07, 6.45) is 3.58. The molecule has 0 radical (unpaired) electrons. The van der Waals surface area contributed by atoms with Crippen LogP contribution in [0, 0.1) is 0 Å². The Morgan fingerprint density at radius 1 is 1.10 bits per heavy atom. The summed E-state index contributed by atoms with van der Waals surface area (Å²) in [4.78, 5) is 36.2. The highest BCUT2D eigenvalue weighted by atomic mass is 35.5. The third-order valence-corrected chi connectivity index (χ3v) is 8.15. The summed E-state index contributed by atoms with van der Waals surface area (Å²) in [6, 6.07) is 12.9. The Morgan fingerprint density at radius 2 is 1.90 bits per heavy atom. The number of hydrogen-bond acceptors (Lipinski definition) is 8. The molecule has 1 aliphatic heterocycles. The Balaban J connectivity index is 1.65. The van der Waals surface area contributed by atoms with Gasteiger partial charge in [-0.2, -0.15) is 8.42 Å². The van der Waals surface area contributed by atoms with E-state index in [0.29, 0.717) is 41.9 Å². The van der Waals surface area contributed by atoms with E-state index in [9.17, 15) is 18.0 Å². The summed E-state index contributed by atoms with van der Waals surface area (Å²) in [5, 5.41) is 2.67. The number of nitrogens with zero attached hydrogens (tertiary/aromatic N) is 3. The molecule has 2 N–H and O–H groups in total. The van der Waals surface area contributed by atoms with Crippen LogP contribution in [-0.4, -0.2) is 49.4 Å². The van der Waals surface area contributed by atoms with Crippen LogP contribution in [0.1, 0.15) is 63.2 Å². The minimum absolute atomic E-state index is 0.0848. The van der Waals surface area contributed by atoms with E-state index in [4.69, 9.17) is 21.3 Å². The van der Waals surface area contributed by atoms with Crippen LogP contribution in [0.4, 0.5) is 11.6 Å². The van der Waals surface area contributed by atoms with Crippen molar-refractivity contribution in [3.63, 3.8) is 0 Å². The topological polar surface area (TPSA) is 131 Å². The number of sulfonamides is 1. The molecule has 0 aliphatic carbocycles. The zero-order chi connectivity index (χ0) is 29.6. The van der Waals surface area contributed by atoms with Crippen LogP contribution in [0.2, 0.25) is 5.02 Å². The number of carbonyl (C=O) groups is 2. The monoisotopic (exact) mass is 599 g/mol. The lowest BCUT2D eigenvalue weighted by Crippen LogP contribution is -2.35. The number of hydrogen-bond donors (Lipinski definition) is 2. The molecule has 1 aromatic carbocycles. The molecule has 1 saturated heterocycles. The molecule has 10 nitrogen and oxygen atoms in total. The van der Waals surface area contributed by atoms with Gasteiger partial charge in [-0.25, -0.2) is 14.7 Å². The first kappa shape index (κ1) is 30.3. The third-order valence-electron chi connectivity index (χ3n) is 6.60. The molecule has 1 aliphatic rings. The number of anilines is 2. The van der Waals surface area contributed by atoms with Crippen molar-refractivity contribution in [1.29, 1.82) is 0 Å². The maximum Gasteiger partial charge on any atom is 0.281 e. The first-order valence-corrected chi connectivity index (χ1v) is 15.5. The highest BCUT2D eigenvalue weighted by Crippen LogP contribution is 2.33. The smallest absolute Gasteiger partial charge is 0.281 e. The number of carbonyl (C=O) groups excluding carboxylic acids is 2. The van der Waals surface area contributed by atoms with Gasteiger partial charge in [-0.3, -0.25) is 9.59 Å². The lowest BCUT2D eigenvalue weighted by Gasteiger charge is -2.25. The Kier molecular flexibility index (Phi) is 9.82. The normalized spacial score (nSPS) is 15.0. The molecule has 12 heteroatoms. The summed E-state index contributed by atoms with van der Waals surface area (Å²) in [5.41, 5.74) is 1.46. The second-order valence-corrected chi connectivity index (χ2v) is 11.9. The quantitative estimate of drug-likeness (QED) is 0.298. The number of aromatic nitrogens is 2. The van der Waals surface area contributed by atoms with E-state index in [2.05, 4.69) is 15.0 Å². The number of ether oxygens (including phenoxy) is 1. The number of nitrogens with one attached hydrogen (secondary N) is 2. The SMILES string of the molecule is CCCOc1cc(-c2ccc(C(=O)NS(=O)(=O)c3cccc(NC(=O)CCC)n3)c(N3CCC[C@@H]3C)n2)ccc1Cl. The van der Waals surface area contributed by atoms with Gasteiger partial charge in [0, 0.05) is 24.6 Å². The molecule has 0 bridgehead atoms. The summed E-state index contributed by atoms with van der Waals surface area (Å²) in [6.45, 7) is 7.10. The molecular weight excluding hydrogens is 566 g/mol. The average Bonchev–Trinajstić information content (AvgIpc) is 3.38. The molecule has 4 rings (SSSR count). The van der Waals surface area contributed by atoms with Gasteiger partial charge in [0.25, 0.3) is 15.9 Å². The second kappa shape index (κ2) is 13.3. The molecule has 0 unspecified atom stereocenters. The van der Waals surface area contributed by atoms with Crippen molar-refractivity contribution in [2.24, 2.45) is 0 Å². The second-order valence-electron chi connectivity index (χ2n) is 9.84. The van der Waals surface area contributed by atoms with Gasteiger partial charge in [-0.15, -0.1) is 0 Å². The Labute approximate surface area is 245 Å². The Morgan fingerprint density at radius 3 is 2.61 bits per heavy atom. The number of pyridine rings is 2. The summed E-state index contributed by atoms with van der Waals surface area (Å²) >= 11 is 6.31. The number of rotatable bonds is 11. The summed E-state index contributed by atoms with van der Waals surface area (Å²) in [7, 11) is -4.35. The Hall–Kier alpha value is -3.70. The molecule has 0 spiro atoms. The Bertz CT molecular complexity index is 1530.